The van der Waals surface area contributed by atoms with Crippen LogP contribution in [0.15, 0.2) is 0 Å². The fourth-order valence-corrected chi connectivity index (χ4v) is 1.57. The molecule has 12 heavy (non-hydrogen) atoms. The molecule has 0 saturated carbocycles. The Bertz CT molecular complexity index is 161. The van der Waals surface area contributed by atoms with Crippen LogP contribution in [-0.4, -0.2) is 31.7 Å². The molecule has 0 aromatic heterocycles. The van der Waals surface area contributed by atoms with Gasteiger partial charge in [0.2, 0.25) is 0 Å². The first kappa shape index (κ1) is 8.48. The maximum absolute atomic E-state index is 5.70. The van der Waals surface area contributed by atoms with E-state index in [0.29, 0.717) is 13.2 Å². The smallest absolute Gasteiger partial charge is 0.194 e. The second-order valence-corrected chi connectivity index (χ2v) is 3.54. The zero-order valence-electron chi connectivity index (χ0n) is 7.29. The lowest BCUT2D eigenvalue weighted by molar-refractivity contribution is -0.168. The van der Waals surface area contributed by atoms with Gasteiger partial charge in [-0.05, 0) is 12.8 Å². The second kappa shape index (κ2) is 2.98. The third kappa shape index (κ3) is 1.37. The van der Waals surface area contributed by atoms with E-state index in [-0.39, 0.29) is 12.0 Å². The summed E-state index contributed by atoms with van der Waals surface area (Å²) in [7, 11) is 0. The molecule has 0 aromatic rings. The van der Waals surface area contributed by atoms with Gasteiger partial charge in [-0.25, -0.2) is 0 Å². The fourth-order valence-electron chi connectivity index (χ4n) is 1.57. The molecule has 1 spiro atoms. The van der Waals surface area contributed by atoms with Gasteiger partial charge in [-0.3, -0.25) is 0 Å². The Hall–Kier alpha value is -0.120. The van der Waals surface area contributed by atoms with E-state index in [9.17, 15) is 0 Å². The maximum Gasteiger partial charge on any atom is 0.194 e. The summed E-state index contributed by atoms with van der Waals surface area (Å²) in [6.07, 6.45) is 0.864. The molecule has 3 atom stereocenters. The minimum Gasteiger partial charge on any atom is -0.376 e. The van der Waals surface area contributed by atoms with Crippen LogP contribution in [0.4, 0.5) is 0 Å². The van der Waals surface area contributed by atoms with Gasteiger partial charge in [0.25, 0.3) is 0 Å². The van der Waals surface area contributed by atoms with E-state index >= 15 is 0 Å². The average molecular weight is 170 g/mol. The van der Waals surface area contributed by atoms with Gasteiger partial charge < -0.3 is 14.2 Å². The Morgan fingerprint density at radius 3 is 2.92 bits per heavy atom. The number of rotatable bonds is 1. The van der Waals surface area contributed by atoms with Crippen LogP contribution in [0.5, 0.6) is 0 Å². The van der Waals surface area contributed by atoms with E-state index in [0.717, 1.165) is 13.0 Å². The lowest BCUT2D eigenvalue weighted by atomic mass is 10.1. The Morgan fingerprint density at radius 1 is 1.58 bits per heavy atom. The summed E-state index contributed by atoms with van der Waals surface area (Å²) in [5.74, 6) is -0.428. The van der Waals surface area contributed by atoms with Crippen LogP contribution in [0.3, 0.4) is 0 Å². The van der Waals surface area contributed by atoms with Crippen molar-refractivity contribution in [3.05, 3.63) is 6.92 Å². The van der Waals surface area contributed by atoms with Gasteiger partial charge in [0.05, 0.1) is 19.3 Å². The summed E-state index contributed by atoms with van der Waals surface area (Å²) >= 11 is 0. The molecule has 3 heteroatoms. The van der Waals surface area contributed by atoms with Gasteiger partial charge >= 0.3 is 0 Å². The van der Waals surface area contributed by atoms with E-state index in [4.69, 9.17) is 21.1 Å². The SMILES string of the molecule is [CH]C(C)C1COC2(CCOC2)O1. The molecule has 2 aliphatic heterocycles. The standard InChI is InChI=1S/C9H14O3/c1-7(2)8-5-11-9(12-8)3-4-10-6-9/h1,7-8H,3-6H2,2H3. The van der Waals surface area contributed by atoms with Crippen molar-refractivity contribution in [3.63, 3.8) is 0 Å². The summed E-state index contributed by atoms with van der Waals surface area (Å²) in [5.41, 5.74) is 0. The van der Waals surface area contributed by atoms with E-state index < -0.39 is 5.79 Å². The summed E-state index contributed by atoms with van der Waals surface area (Å²) in [6.45, 7) is 9.51. The normalized spacial score (nSPS) is 41.8. The van der Waals surface area contributed by atoms with Gasteiger partial charge in [0, 0.05) is 6.42 Å². The van der Waals surface area contributed by atoms with E-state index in [2.05, 4.69) is 0 Å². The lowest BCUT2D eigenvalue weighted by Crippen LogP contribution is -2.32. The van der Waals surface area contributed by atoms with Gasteiger partial charge in [-0.1, -0.05) is 6.92 Å². The van der Waals surface area contributed by atoms with Crippen molar-refractivity contribution in [2.75, 3.05) is 19.8 Å². The fraction of sp³-hybridized carbons (Fsp3) is 0.889. The molecule has 0 aliphatic carbocycles. The molecule has 2 aliphatic rings. The van der Waals surface area contributed by atoms with Crippen LogP contribution < -0.4 is 0 Å². The Labute approximate surface area is 73.0 Å². The first-order chi connectivity index (χ1) is 5.72. The minimum atomic E-state index is -0.460. The molecule has 2 heterocycles. The van der Waals surface area contributed by atoms with Crippen molar-refractivity contribution >= 4 is 0 Å². The third-order valence-electron chi connectivity index (χ3n) is 2.41. The van der Waals surface area contributed by atoms with Crippen LogP contribution in [0.25, 0.3) is 0 Å². The van der Waals surface area contributed by atoms with Crippen molar-refractivity contribution in [3.8, 4) is 0 Å². The highest BCUT2D eigenvalue weighted by Crippen LogP contribution is 2.33. The Kier molecular flexibility index (Phi) is 2.10. The first-order valence-corrected chi connectivity index (χ1v) is 4.37. The van der Waals surface area contributed by atoms with Gasteiger partial charge in [0.15, 0.2) is 5.79 Å². The molecule has 0 N–H and O–H groups in total. The molecular weight excluding hydrogens is 156 g/mol. The molecule has 2 saturated heterocycles. The van der Waals surface area contributed by atoms with Crippen molar-refractivity contribution in [2.24, 2.45) is 5.92 Å². The lowest BCUT2D eigenvalue weighted by Gasteiger charge is -2.21. The predicted molar refractivity (Wildman–Crippen MR) is 42.5 cm³/mol. The molecule has 2 radical (unpaired) electrons. The first-order valence-electron chi connectivity index (χ1n) is 4.37. The Morgan fingerprint density at radius 2 is 2.42 bits per heavy atom. The highest BCUT2D eigenvalue weighted by molar-refractivity contribution is 4.84. The largest absolute Gasteiger partial charge is 0.376 e. The quantitative estimate of drug-likeness (QED) is 0.584. The second-order valence-electron chi connectivity index (χ2n) is 3.54. The highest BCUT2D eigenvalue weighted by Gasteiger charge is 2.45. The maximum atomic E-state index is 5.70. The highest BCUT2D eigenvalue weighted by atomic mass is 16.8. The molecule has 68 valence electrons. The van der Waals surface area contributed by atoms with Crippen LogP contribution >= 0.6 is 0 Å². The van der Waals surface area contributed by atoms with Crippen LogP contribution in [0.2, 0.25) is 0 Å². The summed E-state index contributed by atoms with van der Waals surface area (Å²) in [5, 5.41) is 0. The van der Waals surface area contributed by atoms with Gasteiger partial charge in [-0.15, -0.1) is 0 Å². The van der Waals surface area contributed by atoms with Gasteiger partial charge in [-0.2, -0.15) is 0 Å². The number of ether oxygens (including phenoxy) is 3. The molecule has 3 unspecified atom stereocenters. The number of hydrogen-bond acceptors (Lipinski definition) is 3. The third-order valence-corrected chi connectivity index (χ3v) is 2.41. The molecule has 0 bridgehead atoms. The summed E-state index contributed by atoms with van der Waals surface area (Å²) in [4.78, 5) is 0. The topological polar surface area (TPSA) is 27.7 Å². The molecule has 0 aromatic carbocycles. The Balaban J connectivity index is 1.96. The van der Waals surface area contributed by atoms with E-state index in [1.165, 1.54) is 0 Å². The van der Waals surface area contributed by atoms with Gasteiger partial charge in [0.1, 0.15) is 6.61 Å². The van der Waals surface area contributed by atoms with E-state index in [1.54, 1.807) is 0 Å². The number of hydrogen-bond donors (Lipinski definition) is 0. The monoisotopic (exact) mass is 170 g/mol. The zero-order valence-corrected chi connectivity index (χ0v) is 7.29. The average Bonchev–Trinajstić information content (AvgIpc) is 2.62. The molecular formula is C9H14O3. The minimum absolute atomic E-state index is 0.0324. The molecule has 0 amide bonds. The molecule has 2 rings (SSSR count). The molecule has 2 fully saturated rings. The van der Waals surface area contributed by atoms with Crippen molar-refractivity contribution in [2.45, 2.75) is 25.2 Å². The summed E-state index contributed by atoms with van der Waals surface area (Å²) in [6, 6.07) is 0. The molecule has 3 nitrogen and oxygen atoms in total. The van der Waals surface area contributed by atoms with Crippen molar-refractivity contribution in [1.82, 2.24) is 0 Å². The predicted octanol–water partition coefficient (Wildman–Crippen LogP) is 0.866. The van der Waals surface area contributed by atoms with Crippen LogP contribution in [0.1, 0.15) is 13.3 Å². The van der Waals surface area contributed by atoms with Crippen LogP contribution in [-0.2, 0) is 14.2 Å². The van der Waals surface area contributed by atoms with Crippen molar-refractivity contribution < 1.29 is 14.2 Å². The summed E-state index contributed by atoms with van der Waals surface area (Å²) < 4.78 is 16.5. The van der Waals surface area contributed by atoms with E-state index in [1.807, 2.05) is 6.92 Å². The zero-order chi connectivity index (χ0) is 8.60. The van der Waals surface area contributed by atoms with Crippen LogP contribution in [0, 0.1) is 12.8 Å². The van der Waals surface area contributed by atoms with Crippen molar-refractivity contribution in [1.29, 1.82) is 0 Å².